The molecule has 1 rings (SSSR count). The Labute approximate surface area is 244 Å². The van der Waals surface area contributed by atoms with Gasteiger partial charge < -0.3 is 14.2 Å². The van der Waals surface area contributed by atoms with E-state index < -0.39 is 72.4 Å². The summed E-state index contributed by atoms with van der Waals surface area (Å²) in [7, 11) is 4.79. The molecule has 0 radical (unpaired) electrons. The third-order valence-electron chi connectivity index (χ3n) is 3.74. The van der Waals surface area contributed by atoms with Gasteiger partial charge in [-0.25, -0.2) is 42.5 Å². The van der Waals surface area contributed by atoms with E-state index in [1.807, 2.05) is 18.2 Å². The van der Waals surface area contributed by atoms with Crippen molar-refractivity contribution in [2.45, 2.75) is 19.6 Å². The predicted octanol–water partition coefficient (Wildman–Crippen LogP) is 2.30. The first kappa shape index (κ1) is 34.4. The van der Waals surface area contributed by atoms with Crippen molar-refractivity contribution in [3.05, 3.63) is 31.5 Å². The highest BCUT2D eigenvalue weighted by atomic mass is 33.1. The lowest BCUT2D eigenvalue weighted by molar-refractivity contribution is 0.162. The molecule has 1 heterocycles. The molecule has 210 valence electrons. The fourth-order valence-electron chi connectivity index (χ4n) is 2.30. The van der Waals surface area contributed by atoms with E-state index in [-0.39, 0.29) is 17.3 Å². The Kier molecular flexibility index (Phi) is 17.9. The van der Waals surface area contributed by atoms with Crippen molar-refractivity contribution in [3.63, 3.8) is 0 Å². The molecule has 0 N–H and O–H groups in total. The summed E-state index contributed by atoms with van der Waals surface area (Å²) in [5.74, 6) is 0.110. The zero-order valence-corrected chi connectivity index (χ0v) is 24.6. The topological polar surface area (TPSA) is 216 Å². The molecule has 0 saturated carbocycles. The monoisotopic (exact) mass is 654 g/mol. The van der Waals surface area contributed by atoms with Crippen molar-refractivity contribution in [3.8, 4) is 18.2 Å². The van der Waals surface area contributed by atoms with Crippen LogP contribution < -0.4 is 17.1 Å². The molecule has 0 aliphatic carbocycles. The molecule has 0 amide bonds. The number of rotatable bonds is 15. The Balaban J connectivity index is 3.03. The zero-order chi connectivity index (χ0) is 29.0. The number of nitriles is 3. The molecule has 0 saturated heterocycles. The van der Waals surface area contributed by atoms with Crippen molar-refractivity contribution in [2.75, 3.05) is 37.1 Å². The maximum absolute atomic E-state index is 12.9. The summed E-state index contributed by atoms with van der Waals surface area (Å²) in [5, 5.41) is 23.2. The van der Waals surface area contributed by atoms with Crippen LogP contribution in [0.25, 0.3) is 0 Å². The number of aromatic nitrogens is 3. The second-order valence-corrected chi connectivity index (χ2v) is 12.8. The van der Waals surface area contributed by atoms with Crippen LogP contribution in [0.2, 0.25) is 0 Å². The summed E-state index contributed by atoms with van der Waals surface area (Å²) < 4.78 is 16.7. The van der Waals surface area contributed by atoms with Crippen LogP contribution in [0.5, 0.6) is 0 Å². The number of ether oxygens (including phenoxy) is 3. The van der Waals surface area contributed by atoms with Crippen LogP contribution in [-0.4, -0.2) is 66.7 Å². The minimum absolute atomic E-state index is 0.0368. The summed E-state index contributed by atoms with van der Waals surface area (Å²) in [5.41, 5.74) is -3.15. The predicted molar refractivity (Wildman–Crippen MR) is 150 cm³/mol. The average molecular weight is 655 g/mol. The molecular weight excluding hydrogens is 637 g/mol. The summed E-state index contributed by atoms with van der Waals surface area (Å²) >= 11 is 0. The Morgan fingerprint density at radius 1 is 0.564 bits per heavy atom. The minimum Gasteiger partial charge on any atom is -0.455 e. The van der Waals surface area contributed by atoms with Gasteiger partial charge in [-0.3, -0.25) is 0 Å². The molecule has 0 atom stereocenters. The van der Waals surface area contributed by atoms with E-state index in [0.717, 1.165) is 32.4 Å². The molecule has 0 spiro atoms. The SMILES string of the molecule is N#CCSSC(=O)OCCn1c(=O)n(CCOC(=O)SSCC#N)c(=O)n(CCOC(=O)SSCC#N)c1=O. The van der Waals surface area contributed by atoms with Crippen LogP contribution in [0.1, 0.15) is 0 Å². The maximum Gasteiger partial charge on any atom is 0.378 e. The number of hydrogen-bond acceptors (Lipinski definition) is 18. The number of carbonyl (C=O) groups excluding carboxylic acids is 3. The zero-order valence-electron chi connectivity index (χ0n) is 19.7. The largest absolute Gasteiger partial charge is 0.455 e. The first-order valence-corrected chi connectivity index (χ1v) is 17.2. The van der Waals surface area contributed by atoms with E-state index in [4.69, 9.17) is 30.0 Å². The summed E-state index contributed by atoms with van der Waals surface area (Å²) in [4.78, 5) is 73.8. The van der Waals surface area contributed by atoms with Gasteiger partial charge >= 0.3 is 33.0 Å². The van der Waals surface area contributed by atoms with Gasteiger partial charge in [0.05, 0.1) is 55.1 Å². The lowest BCUT2D eigenvalue weighted by atomic mass is 10.6. The molecule has 1 aromatic rings. The molecule has 0 aliphatic heterocycles. The minimum atomic E-state index is -1.05. The molecule has 0 bridgehead atoms. The fraction of sp³-hybridized carbons (Fsp3) is 0.500. The number of nitrogens with zero attached hydrogens (tertiary/aromatic N) is 6. The Bertz CT molecular complexity index is 1120. The van der Waals surface area contributed by atoms with Crippen molar-refractivity contribution in [1.82, 2.24) is 13.7 Å². The molecule has 0 unspecified atom stereocenters. The number of carbonyl (C=O) groups is 3. The highest BCUT2D eigenvalue weighted by Crippen LogP contribution is 2.23. The molecule has 15 nitrogen and oxygen atoms in total. The summed E-state index contributed by atoms with van der Waals surface area (Å²) in [6.07, 6.45) is 0. The van der Waals surface area contributed by atoms with Crippen LogP contribution in [-0.2, 0) is 33.8 Å². The Morgan fingerprint density at radius 2 is 0.821 bits per heavy atom. The molecular formula is C18H18N6O9S6. The first-order chi connectivity index (χ1) is 18.8. The number of hydrogen-bond donors (Lipinski definition) is 0. The second kappa shape index (κ2) is 20.3. The summed E-state index contributed by atoms with van der Waals surface area (Å²) in [6.45, 7) is -2.49. The van der Waals surface area contributed by atoms with Crippen LogP contribution in [0, 0.1) is 34.0 Å². The van der Waals surface area contributed by atoms with Gasteiger partial charge in [0.2, 0.25) is 0 Å². The van der Waals surface area contributed by atoms with Gasteiger partial charge in [0, 0.05) is 32.4 Å². The van der Waals surface area contributed by atoms with Gasteiger partial charge in [-0.1, -0.05) is 32.4 Å². The Morgan fingerprint density at radius 3 is 1.05 bits per heavy atom. The van der Waals surface area contributed by atoms with Gasteiger partial charge in [0.15, 0.2) is 0 Å². The van der Waals surface area contributed by atoms with E-state index in [2.05, 4.69) is 0 Å². The Hall–Kier alpha value is -2.61. The van der Waals surface area contributed by atoms with Gasteiger partial charge in [-0.05, 0) is 0 Å². The van der Waals surface area contributed by atoms with Gasteiger partial charge in [-0.2, -0.15) is 15.8 Å². The second-order valence-electron chi connectivity index (χ2n) is 6.11. The van der Waals surface area contributed by atoms with E-state index in [9.17, 15) is 28.8 Å². The van der Waals surface area contributed by atoms with Gasteiger partial charge in [0.1, 0.15) is 19.8 Å². The van der Waals surface area contributed by atoms with Crippen LogP contribution in [0.4, 0.5) is 14.4 Å². The normalized spacial score (nSPS) is 10.1. The highest BCUT2D eigenvalue weighted by molar-refractivity contribution is 8.82. The van der Waals surface area contributed by atoms with Crippen molar-refractivity contribution in [2.24, 2.45) is 0 Å². The van der Waals surface area contributed by atoms with Gasteiger partial charge in [-0.15, -0.1) is 0 Å². The van der Waals surface area contributed by atoms with Crippen LogP contribution in [0.15, 0.2) is 14.4 Å². The standard InChI is InChI=1S/C18H18N6O9S6/c19-1-10-34-37-16(28)31-7-4-22-13(25)23(5-8-32-17(29)38-35-11-2-20)15(27)24(14(22)26)6-9-33-18(30)39-36-12-3-21/h4-12H2. The maximum atomic E-state index is 12.9. The lowest BCUT2D eigenvalue weighted by Gasteiger charge is -2.14. The quantitative estimate of drug-likeness (QED) is 0.115. The van der Waals surface area contributed by atoms with Crippen LogP contribution >= 0.6 is 64.8 Å². The molecule has 0 fully saturated rings. The average Bonchev–Trinajstić information content (AvgIpc) is 2.90. The first-order valence-electron chi connectivity index (χ1n) is 10.2. The van der Waals surface area contributed by atoms with Crippen molar-refractivity contribution < 1.29 is 28.6 Å². The molecule has 0 aromatic carbocycles. The van der Waals surface area contributed by atoms with Crippen LogP contribution in [0.3, 0.4) is 0 Å². The van der Waals surface area contributed by atoms with Gasteiger partial charge in [0.25, 0.3) is 0 Å². The molecule has 1 aromatic heterocycles. The summed E-state index contributed by atoms with van der Waals surface area (Å²) in [6, 6.07) is 5.49. The lowest BCUT2D eigenvalue weighted by Crippen LogP contribution is -2.55. The molecule has 21 heteroatoms. The van der Waals surface area contributed by atoms with Crippen molar-refractivity contribution >= 4 is 80.7 Å². The van der Waals surface area contributed by atoms with Crippen molar-refractivity contribution in [1.29, 1.82) is 15.8 Å². The third-order valence-corrected chi connectivity index (χ3v) is 8.94. The smallest absolute Gasteiger partial charge is 0.378 e. The highest BCUT2D eigenvalue weighted by Gasteiger charge is 2.17. The van der Waals surface area contributed by atoms with E-state index in [1.54, 1.807) is 0 Å². The van der Waals surface area contributed by atoms with E-state index in [0.29, 0.717) is 46.1 Å². The van der Waals surface area contributed by atoms with E-state index in [1.165, 1.54) is 0 Å². The van der Waals surface area contributed by atoms with E-state index >= 15 is 0 Å². The third kappa shape index (κ3) is 13.3. The molecule has 0 aliphatic rings. The fourth-order valence-corrected chi connectivity index (χ4v) is 5.62. The molecule has 39 heavy (non-hydrogen) atoms.